The molecule has 188 valence electrons. The molecule has 1 aliphatic carbocycles. The Hall–Kier alpha value is -1.79. The van der Waals surface area contributed by atoms with Crippen LogP contribution in [0.5, 0.6) is 5.75 Å². The molecule has 4 rings (SSSR count). The van der Waals surface area contributed by atoms with Crippen molar-refractivity contribution in [2.45, 2.75) is 57.2 Å². The summed E-state index contributed by atoms with van der Waals surface area (Å²) in [6, 6.07) is 16.3. The van der Waals surface area contributed by atoms with E-state index in [0.717, 1.165) is 68.0 Å². The van der Waals surface area contributed by atoms with Gasteiger partial charge in [-0.2, -0.15) is 0 Å². The number of carbonyl (C=O) groups is 1. The summed E-state index contributed by atoms with van der Waals surface area (Å²) in [5.74, 6) is 0.766. The van der Waals surface area contributed by atoms with E-state index in [0.29, 0.717) is 12.8 Å². The Morgan fingerprint density at radius 1 is 1.00 bits per heavy atom. The van der Waals surface area contributed by atoms with Crippen molar-refractivity contribution in [3.63, 3.8) is 0 Å². The van der Waals surface area contributed by atoms with Crippen LogP contribution in [0.1, 0.15) is 56.3 Å². The van der Waals surface area contributed by atoms with E-state index >= 15 is 0 Å². The molecule has 7 heteroatoms. The molecule has 2 aliphatic rings. The van der Waals surface area contributed by atoms with Gasteiger partial charge >= 0.3 is 0 Å². The maximum absolute atomic E-state index is 13.1. The summed E-state index contributed by atoms with van der Waals surface area (Å²) in [5, 5.41) is 10.9. The van der Waals surface area contributed by atoms with Gasteiger partial charge in [0, 0.05) is 44.4 Å². The predicted molar refractivity (Wildman–Crippen MR) is 143 cm³/mol. The molecule has 1 saturated carbocycles. The van der Waals surface area contributed by atoms with Crippen LogP contribution in [-0.2, 0) is 11.2 Å². The molecule has 2 aromatic rings. The Bertz CT molecular complexity index is 911. The average molecular weight is 510 g/mol. The number of nitrogens with zero attached hydrogens (tertiary/aromatic N) is 2. The number of ether oxygens (including phenoxy) is 1. The van der Waals surface area contributed by atoms with Gasteiger partial charge in [-0.05, 0) is 44.0 Å². The molecule has 0 amide bonds. The SMILES string of the molecule is C[C@@H](Oc1ccc(CC(=O)C2(O)CCCCC2)c(N2CCN(C)CC2)c1)c1ccccc1.Cl.Cl. The van der Waals surface area contributed by atoms with Gasteiger partial charge in [0.1, 0.15) is 17.5 Å². The van der Waals surface area contributed by atoms with Crippen LogP contribution in [0, 0.1) is 0 Å². The number of halogens is 2. The summed E-state index contributed by atoms with van der Waals surface area (Å²) in [6.45, 7) is 5.87. The van der Waals surface area contributed by atoms with E-state index < -0.39 is 5.60 Å². The van der Waals surface area contributed by atoms with E-state index in [1.807, 2.05) is 30.3 Å². The van der Waals surface area contributed by atoms with Gasteiger partial charge in [-0.25, -0.2) is 0 Å². The minimum absolute atomic E-state index is 0. The molecular formula is C27H38Cl2N2O3. The summed E-state index contributed by atoms with van der Waals surface area (Å²) in [5.41, 5.74) is 2.02. The van der Waals surface area contributed by atoms with E-state index in [-0.39, 0.29) is 43.1 Å². The monoisotopic (exact) mass is 508 g/mol. The van der Waals surface area contributed by atoms with Gasteiger partial charge in [-0.3, -0.25) is 4.79 Å². The summed E-state index contributed by atoms with van der Waals surface area (Å²) < 4.78 is 6.28. The fraction of sp³-hybridized carbons (Fsp3) is 0.519. The molecule has 1 saturated heterocycles. The molecule has 1 aliphatic heterocycles. The van der Waals surface area contributed by atoms with Gasteiger partial charge in [0.15, 0.2) is 5.78 Å². The molecule has 0 aromatic heterocycles. The molecule has 34 heavy (non-hydrogen) atoms. The van der Waals surface area contributed by atoms with Crippen LogP contribution in [0.2, 0.25) is 0 Å². The molecule has 2 fully saturated rings. The van der Waals surface area contributed by atoms with Crippen molar-refractivity contribution >= 4 is 36.3 Å². The number of likely N-dealkylation sites (N-methyl/N-ethyl adjacent to an activating group) is 1. The van der Waals surface area contributed by atoms with Crippen molar-refractivity contribution in [3.8, 4) is 5.75 Å². The molecule has 5 nitrogen and oxygen atoms in total. The van der Waals surface area contributed by atoms with E-state index in [9.17, 15) is 9.90 Å². The van der Waals surface area contributed by atoms with Crippen molar-refractivity contribution < 1.29 is 14.6 Å². The number of ketones is 1. The molecule has 2 aromatic carbocycles. The Labute approximate surface area is 216 Å². The van der Waals surface area contributed by atoms with Crippen LogP contribution in [0.25, 0.3) is 0 Å². The van der Waals surface area contributed by atoms with Gasteiger partial charge in [-0.15, -0.1) is 24.8 Å². The van der Waals surface area contributed by atoms with Crippen LogP contribution < -0.4 is 9.64 Å². The standard InChI is InChI=1S/C27H36N2O3.2ClH/c1-21(22-9-5-3-6-10-22)32-24-12-11-23(19-26(30)27(31)13-7-4-8-14-27)25(20-24)29-17-15-28(2)16-18-29;;/h3,5-6,9-12,20-21,31H,4,7-8,13-19H2,1-2H3;2*1H/t21-;;/m1../s1. The van der Waals surface area contributed by atoms with E-state index in [1.165, 1.54) is 0 Å². The Balaban J connectivity index is 0.00000204. The minimum atomic E-state index is -1.16. The Morgan fingerprint density at radius 3 is 2.29 bits per heavy atom. The number of anilines is 1. The minimum Gasteiger partial charge on any atom is -0.486 e. The second-order valence-corrected chi connectivity index (χ2v) is 9.44. The summed E-state index contributed by atoms with van der Waals surface area (Å²) in [4.78, 5) is 17.8. The molecule has 1 atom stereocenters. The quantitative estimate of drug-likeness (QED) is 0.554. The lowest BCUT2D eigenvalue weighted by Crippen LogP contribution is -2.45. The first kappa shape index (κ1) is 28.4. The van der Waals surface area contributed by atoms with Crippen LogP contribution in [0.3, 0.4) is 0 Å². The number of hydrogen-bond donors (Lipinski definition) is 1. The first-order chi connectivity index (χ1) is 15.4. The van der Waals surface area contributed by atoms with Gasteiger partial charge < -0.3 is 19.6 Å². The summed E-state index contributed by atoms with van der Waals surface area (Å²) >= 11 is 0. The molecule has 0 unspecified atom stereocenters. The highest BCUT2D eigenvalue weighted by Crippen LogP contribution is 2.34. The second-order valence-electron chi connectivity index (χ2n) is 9.44. The topological polar surface area (TPSA) is 53.0 Å². The van der Waals surface area contributed by atoms with Crippen LogP contribution in [0.15, 0.2) is 48.5 Å². The molecule has 0 radical (unpaired) electrons. The van der Waals surface area contributed by atoms with Gasteiger partial charge in [0.25, 0.3) is 0 Å². The van der Waals surface area contributed by atoms with Crippen LogP contribution >= 0.6 is 24.8 Å². The van der Waals surface area contributed by atoms with Crippen molar-refractivity contribution in [3.05, 3.63) is 59.7 Å². The third-order valence-corrected chi connectivity index (χ3v) is 7.03. The van der Waals surface area contributed by atoms with Crippen molar-refractivity contribution in [1.29, 1.82) is 0 Å². The first-order valence-electron chi connectivity index (χ1n) is 12.0. The lowest BCUT2D eigenvalue weighted by atomic mass is 9.80. The third kappa shape index (κ3) is 6.88. The summed E-state index contributed by atoms with van der Waals surface area (Å²) in [6.07, 6.45) is 4.35. The lowest BCUT2D eigenvalue weighted by Gasteiger charge is -2.36. The van der Waals surface area contributed by atoms with E-state index in [1.54, 1.807) is 0 Å². The van der Waals surface area contributed by atoms with E-state index in [2.05, 4.69) is 42.0 Å². The second kappa shape index (κ2) is 12.8. The zero-order chi connectivity index (χ0) is 22.6. The fourth-order valence-corrected chi connectivity index (χ4v) is 4.86. The number of rotatable bonds is 7. The Morgan fingerprint density at radius 2 is 1.65 bits per heavy atom. The van der Waals surface area contributed by atoms with Crippen LogP contribution in [0.4, 0.5) is 5.69 Å². The van der Waals surface area contributed by atoms with Gasteiger partial charge in [-0.1, -0.05) is 55.7 Å². The first-order valence-corrected chi connectivity index (χ1v) is 12.0. The largest absolute Gasteiger partial charge is 0.486 e. The number of aliphatic hydroxyl groups is 1. The number of Topliss-reactive ketones (excluding diaryl/α,β-unsaturated/α-hetero) is 1. The lowest BCUT2D eigenvalue weighted by molar-refractivity contribution is -0.139. The number of benzene rings is 2. The maximum atomic E-state index is 13.1. The third-order valence-electron chi connectivity index (χ3n) is 7.03. The zero-order valence-electron chi connectivity index (χ0n) is 20.2. The molecule has 1 heterocycles. The van der Waals surface area contributed by atoms with Gasteiger partial charge in [0.05, 0.1) is 0 Å². The number of carbonyl (C=O) groups excluding carboxylic acids is 1. The smallest absolute Gasteiger partial charge is 0.168 e. The van der Waals surface area contributed by atoms with Crippen molar-refractivity contribution in [1.82, 2.24) is 4.90 Å². The highest BCUT2D eigenvalue weighted by molar-refractivity contribution is 5.90. The van der Waals surface area contributed by atoms with Gasteiger partial charge in [0.2, 0.25) is 0 Å². The highest BCUT2D eigenvalue weighted by atomic mass is 35.5. The molecule has 0 spiro atoms. The maximum Gasteiger partial charge on any atom is 0.168 e. The normalized spacial score (nSPS) is 18.9. The van der Waals surface area contributed by atoms with Crippen molar-refractivity contribution in [2.75, 3.05) is 38.1 Å². The van der Waals surface area contributed by atoms with Crippen LogP contribution in [-0.4, -0.2) is 54.6 Å². The highest BCUT2D eigenvalue weighted by Gasteiger charge is 2.37. The number of hydrogen-bond acceptors (Lipinski definition) is 5. The zero-order valence-corrected chi connectivity index (χ0v) is 21.9. The van der Waals surface area contributed by atoms with E-state index in [4.69, 9.17) is 4.74 Å². The fourth-order valence-electron chi connectivity index (χ4n) is 4.86. The average Bonchev–Trinajstić information content (AvgIpc) is 2.81. The molecular weight excluding hydrogens is 471 g/mol. The summed E-state index contributed by atoms with van der Waals surface area (Å²) in [7, 11) is 2.14. The molecule has 0 bridgehead atoms. The number of piperazine rings is 1. The molecule has 1 N–H and O–H groups in total. The Kier molecular flexibility index (Phi) is 10.7. The van der Waals surface area contributed by atoms with Crippen molar-refractivity contribution in [2.24, 2.45) is 0 Å². The predicted octanol–water partition coefficient (Wildman–Crippen LogP) is 5.23.